The number of carbonyl (C=O) groups excluding carboxylic acids is 1. The van der Waals surface area contributed by atoms with Crippen molar-refractivity contribution in [3.05, 3.63) is 59.3 Å². The van der Waals surface area contributed by atoms with Crippen LogP contribution in [0.3, 0.4) is 0 Å². The molecule has 2 rings (SSSR count). The van der Waals surface area contributed by atoms with Crippen LogP contribution >= 0.6 is 0 Å². The maximum atomic E-state index is 13.6. The van der Waals surface area contributed by atoms with Gasteiger partial charge in [-0.2, -0.15) is 0 Å². The second-order valence-electron chi connectivity index (χ2n) is 5.50. The van der Waals surface area contributed by atoms with Gasteiger partial charge in [0.25, 0.3) is 5.91 Å². The molecule has 1 amide bonds. The predicted molar refractivity (Wildman–Crippen MR) is 91.6 cm³/mol. The molecular weight excluding hydrogens is 365 g/mol. The van der Waals surface area contributed by atoms with Crippen molar-refractivity contribution in [2.24, 2.45) is 0 Å². The van der Waals surface area contributed by atoms with Crippen LogP contribution in [-0.4, -0.2) is 41.4 Å². The van der Waals surface area contributed by atoms with Crippen LogP contribution in [0.2, 0.25) is 0 Å². The summed E-state index contributed by atoms with van der Waals surface area (Å²) in [7, 11) is -0.789. The number of ether oxygens (including phenoxy) is 2. The third-order valence-corrected chi connectivity index (χ3v) is 5.01. The van der Waals surface area contributed by atoms with Gasteiger partial charge < -0.3 is 19.2 Å². The standard InChI is InChI=1S/C17H20FNO6S/c1-23-16(24-2)9-19-17(20)15-8-7-13(25-15)11-26(21,22)10-12-5-3-4-6-14(12)18/h3-8,16H,9-11H2,1-2H3,(H,19,20). The van der Waals surface area contributed by atoms with Crippen molar-refractivity contribution in [3.8, 4) is 0 Å². The summed E-state index contributed by atoms with van der Waals surface area (Å²) >= 11 is 0. The van der Waals surface area contributed by atoms with Crippen LogP contribution in [0, 0.1) is 5.82 Å². The Hall–Kier alpha value is -2.23. The van der Waals surface area contributed by atoms with Gasteiger partial charge in [0.15, 0.2) is 21.9 Å². The van der Waals surface area contributed by atoms with Crippen molar-refractivity contribution in [1.82, 2.24) is 5.32 Å². The molecule has 1 N–H and O–H groups in total. The monoisotopic (exact) mass is 385 g/mol. The van der Waals surface area contributed by atoms with E-state index in [2.05, 4.69) is 5.32 Å². The Morgan fingerprint density at radius 3 is 2.50 bits per heavy atom. The summed E-state index contributed by atoms with van der Waals surface area (Å²) in [5.41, 5.74) is 0.0854. The van der Waals surface area contributed by atoms with Crippen molar-refractivity contribution >= 4 is 15.7 Å². The molecule has 7 nitrogen and oxygen atoms in total. The van der Waals surface area contributed by atoms with Crippen LogP contribution < -0.4 is 5.32 Å². The lowest BCUT2D eigenvalue weighted by Gasteiger charge is -2.13. The van der Waals surface area contributed by atoms with Crippen LogP contribution in [0.1, 0.15) is 21.9 Å². The van der Waals surface area contributed by atoms with Gasteiger partial charge in [-0.3, -0.25) is 4.79 Å². The Labute approximate surface area is 151 Å². The molecule has 0 saturated carbocycles. The van der Waals surface area contributed by atoms with Crippen molar-refractivity contribution in [1.29, 1.82) is 0 Å². The Morgan fingerprint density at radius 1 is 1.15 bits per heavy atom. The number of hydrogen-bond donors (Lipinski definition) is 1. The highest BCUT2D eigenvalue weighted by molar-refractivity contribution is 7.89. The average molecular weight is 385 g/mol. The molecule has 26 heavy (non-hydrogen) atoms. The van der Waals surface area contributed by atoms with E-state index in [0.717, 1.165) is 0 Å². The van der Waals surface area contributed by atoms with E-state index >= 15 is 0 Å². The third-order valence-electron chi connectivity index (χ3n) is 3.54. The van der Waals surface area contributed by atoms with Crippen LogP contribution in [0.15, 0.2) is 40.8 Å². The number of furan rings is 1. The molecule has 0 aliphatic rings. The highest BCUT2D eigenvalue weighted by Gasteiger charge is 2.19. The smallest absolute Gasteiger partial charge is 0.287 e. The van der Waals surface area contributed by atoms with Gasteiger partial charge >= 0.3 is 0 Å². The number of rotatable bonds is 9. The zero-order valence-corrected chi connectivity index (χ0v) is 15.2. The van der Waals surface area contributed by atoms with Crippen LogP contribution in [0.5, 0.6) is 0 Å². The summed E-state index contributed by atoms with van der Waals surface area (Å²) in [6, 6.07) is 8.44. The molecule has 2 aromatic rings. The fourth-order valence-electron chi connectivity index (χ4n) is 2.22. The molecule has 0 saturated heterocycles. The van der Waals surface area contributed by atoms with E-state index in [0.29, 0.717) is 0 Å². The van der Waals surface area contributed by atoms with E-state index in [4.69, 9.17) is 13.9 Å². The van der Waals surface area contributed by atoms with Crippen molar-refractivity contribution in [2.45, 2.75) is 17.8 Å². The van der Waals surface area contributed by atoms with Gasteiger partial charge in [0.1, 0.15) is 17.3 Å². The number of sulfone groups is 1. The topological polar surface area (TPSA) is 94.8 Å². The third kappa shape index (κ3) is 5.65. The minimum absolute atomic E-state index is 0.0351. The lowest BCUT2D eigenvalue weighted by Crippen LogP contribution is -2.33. The van der Waals surface area contributed by atoms with Crippen molar-refractivity contribution < 1.29 is 31.5 Å². The molecule has 0 radical (unpaired) electrons. The number of halogens is 1. The molecule has 0 unspecified atom stereocenters. The highest BCUT2D eigenvalue weighted by atomic mass is 32.2. The minimum atomic E-state index is -3.66. The SMILES string of the molecule is COC(CNC(=O)c1ccc(CS(=O)(=O)Cc2ccccc2F)o1)OC. The first-order chi connectivity index (χ1) is 12.3. The molecule has 1 heterocycles. The maximum absolute atomic E-state index is 13.6. The second-order valence-corrected chi connectivity index (χ2v) is 7.57. The van der Waals surface area contributed by atoms with Crippen molar-refractivity contribution in [2.75, 3.05) is 20.8 Å². The van der Waals surface area contributed by atoms with Crippen LogP contribution in [-0.2, 0) is 30.8 Å². The summed E-state index contributed by atoms with van der Waals surface area (Å²) in [5, 5.41) is 2.54. The summed E-state index contributed by atoms with van der Waals surface area (Å²) in [6.45, 7) is 0.105. The molecule has 0 aliphatic heterocycles. The Kier molecular flexibility index (Phi) is 6.90. The molecule has 0 atom stereocenters. The van der Waals surface area contributed by atoms with E-state index in [1.165, 1.54) is 44.6 Å². The van der Waals surface area contributed by atoms with Crippen LogP contribution in [0.25, 0.3) is 0 Å². The van der Waals surface area contributed by atoms with Gasteiger partial charge in [0, 0.05) is 19.8 Å². The van der Waals surface area contributed by atoms with Gasteiger partial charge in [-0.1, -0.05) is 18.2 Å². The van der Waals surface area contributed by atoms with E-state index in [1.807, 2.05) is 0 Å². The quantitative estimate of drug-likeness (QED) is 0.663. The van der Waals surface area contributed by atoms with Gasteiger partial charge in [-0.25, -0.2) is 12.8 Å². The zero-order chi connectivity index (χ0) is 19.2. The van der Waals surface area contributed by atoms with E-state index in [1.54, 1.807) is 6.07 Å². The molecule has 1 aromatic carbocycles. The molecule has 0 aliphatic carbocycles. The normalized spacial score (nSPS) is 11.7. The largest absolute Gasteiger partial charge is 0.455 e. The Bertz CT molecular complexity index is 844. The zero-order valence-electron chi connectivity index (χ0n) is 14.4. The predicted octanol–water partition coefficient (Wildman–Crippen LogP) is 1.88. The molecule has 142 valence electrons. The van der Waals surface area contributed by atoms with Gasteiger partial charge in [-0.15, -0.1) is 0 Å². The van der Waals surface area contributed by atoms with Gasteiger partial charge in [0.05, 0.1) is 12.3 Å². The number of nitrogens with one attached hydrogen (secondary N) is 1. The van der Waals surface area contributed by atoms with E-state index < -0.39 is 39.4 Å². The second kappa shape index (κ2) is 8.93. The minimum Gasteiger partial charge on any atom is -0.455 e. The first-order valence-electron chi connectivity index (χ1n) is 7.71. The fourth-order valence-corrected chi connectivity index (χ4v) is 3.62. The Morgan fingerprint density at radius 2 is 1.85 bits per heavy atom. The summed E-state index contributed by atoms with van der Waals surface area (Å²) in [4.78, 5) is 12.0. The number of hydrogen-bond acceptors (Lipinski definition) is 6. The molecule has 0 fully saturated rings. The van der Waals surface area contributed by atoms with Gasteiger partial charge in [-0.05, 0) is 18.2 Å². The molecular formula is C17H20FNO6S. The average Bonchev–Trinajstić information content (AvgIpc) is 3.05. The molecule has 9 heteroatoms. The summed E-state index contributed by atoms with van der Waals surface area (Å²) < 4.78 is 53.3. The molecule has 0 bridgehead atoms. The summed E-state index contributed by atoms with van der Waals surface area (Å²) in [6.07, 6.45) is -0.602. The fraction of sp³-hybridized carbons (Fsp3) is 0.353. The van der Waals surface area contributed by atoms with E-state index in [-0.39, 0.29) is 23.6 Å². The highest BCUT2D eigenvalue weighted by Crippen LogP contribution is 2.17. The number of benzene rings is 1. The maximum Gasteiger partial charge on any atom is 0.287 e. The van der Waals surface area contributed by atoms with Gasteiger partial charge in [0.2, 0.25) is 0 Å². The lowest BCUT2D eigenvalue weighted by molar-refractivity contribution is -0.0975. The summed E-state index contributed by atoms with van der Waals surface area (Å²) in [5.74, 6) is -1.93. The first kappa shape index (κ1) is 20.1. The first-order valence-corrected chi connectivity index (χ1v) is 9.53. The number of carbonyl (C=O) groups is 1. The van der Waals surface area contributed by atoms with E-state index in [9.17, 15) is 17.6 Å². The number of amides is 1. The van der Waals surface area contributed by atoms with Crippen LogP contribution in [0.4, 0.5) is 4.39 Å². The Balaban J connectivity index is 1.98. The molecule has 1 aromatic heterocycles. The lowest BCUT2D eigenvalue weighted by atomic mass is 10.2. The molecule has 0 spiro atoms. The number of methoxy groups -OCH3 is 2. The van der Waals surface area contributed by atoms with Crippen molar-refractivity contribution in [3.63, 3.8) is 0 Å².